The molecule has 0 atom stereocenters. The molecule has 0 fully saturated rings. The van der Waals surface area contributed by atoms with Crippen LogP contribution in [0, 0.1) is 0 Å². The van der Waals surface area contributed by atoms with Crippen molar-refractivity contribution in [1.29, 1.82) is 0 Å². The molecule has 1 aliphatic heterocycles. The average molecular weight is 634 g/mol. The summed E-state index contributed by atoms with van der Waals surface area (Å²) >= 11 is 0. The summed E-state index contributed by atoms with van der Waals surface area (Å²) in [4.78, 5) is 29.4. The van der Waals surface area contributed by atoms with E-state index in [4.69, 9.17) is 14.7 Å². The second-order valence-corrected chi connectivity index (χ2v) is 9.96. The molecule has 8 nitrogen and oxygen atoms in total. The van der Waals surface area contributed by atoms with Gasteiger partial charge in [-0.15, -0.1) is 0 Å². The van der Waals surface area contributed by atoms with Gasteiger partial charge in [-0.2, -0.15) is 31.1 Å². The molecule has 2 aromatic rings. The number of Topliss-reactive ketones (excluding diaryl/α,β-unsaturated/α-hetero) is 1. The van der Waals surface area contributed by atoms with Gasteiger partial charge in [0.15, 0.2) is 0 Å². The molecule has 0 N–H and O–H groups in total. The van der Waals surface area contributed by atoms with Crippen LogP contribution in [-0.4, -0.2) is 68.4 Å². The summed E-state index contributed by atoms with van der Waals surface area (Å²) in [7, 11) is 1.16. The van der Waals surface area contributed by atoms with Crippen LogP contribution < -0.4 is 14.8 Å². The Kier molecular flexibility index (Phi) is 9.48. The Hall–Kier alpha value is -4.97. The highest BCUT2D eigenvalue weighted by atomic mass is 19.4. The molecule has 0 bridgehead atoms. The molecule has 0 saturated carbocycles. The number of hydrogen-bond acceptors (Lipinski definition) is 5. The third-order valence-electron chi connectivity index (χ3n) is 7.07. The third kappa shape index (κ3) is 7.40. The van der Waals surface area contributed by atoms with E-state index in [9.17, 15) is 35.9 Å². The minimum absolute atomic E-state index is 0.00117. The van der Waals surface area contributed by atoms with Gasteiger partial charge in [0.1, 0.15) is 24.4 Å². The predicted octanol–water partition coefficient (Wildman–Crippen LogP) is 6.22. The smallest absolute Gasteiger partial charge is 0.448 e. The molecule has 0 amide bonds. The maximum atomic E-state index is 13.3. The van der Waals surface area contributed by atoms with Crippen molar-refractivity contribution < 1.29 is 49.9 Å². The van der Waals surface area contributed by atoms with E-state index in [1.807, 2.05) is 0 Å². The first-order chi connectivity index (χ1) is 21.2. The van der Waals surface area contributed by atoms with Crippen molar-refractivity contribution in [2.24, 2.45) is 0 Å². The third-order valence-corrected chi connectivity index (χ3v) is 7.07. The minimum atomic E-state index is -4.51. The molecular weight excluding hydrogens is 606 g/mol. The summed E-state index contributed by atoms with van der Waals surface area (Å²) in [5.41, 5.74) is 10.1. The summed E-state index contributed by atoms with van der Waals surface area (Å²) in [6.07, 6.45) is -8.37. The highest BCUT2D eigenvalue weighted by molar-refractivity contribution is 6.35. The molecule has 236 valence electrons. The Bertz CT molecular complexity index is 1860. The van der Waals surface area contributed by atoms with Crippen LogP contribution in [0.2, 0.25) is 0 Å². The van der Waals surface area contributed by atoms with E-state index in [1.165, 1.54) is 54.6 Å². The number of alkyl halides is 6. The molecule has 14 heteroatoms. The largest absolute Gasteiger partial charge is 0.465 e. The molecule has 2 aromatic carbocycles. The molecule has 0 radical (unpaired) electrons. The fraction of sp³-hybridized carbons (Fsp3) is 0.290. The van der Waals surface area contributed by atoms with Crippen LogP contribution in [0.25, 0.3) is 39.0 Å². The average Bonchev–Trinajstić information content (AvgIpc) is 2.99. The number of nitrogens with zero attached hydrogens (tertiary/aromatic N) is 4. The first kappa shape index (κ1) is 32.9. The highest BCUT2D eigenvalue weighted by Crippen LogP contribution is 2.42. The number of ketones is 1. The van der Waals surface area contributed by atoms with Crippen molar-refractivity contribution in [1.82, 2.24) is 4.58 Å². The lowest BCUT2D eigenvalue weighted by molar-refractivity contribution is -0.128. The minimum Gasteiger partial charge on any atom is -0.465 e. The number of hydrogen-bond donors (Lipinski definition) is 0. The molecule has 0 aromatic heterocycles. The first-order valence-electron chi connectivity index (χ1n) is 13.6. The van der Waals surface area contributed by atoms with Crippen molar-refractivity contribution in [3.8, 4) is 22.5 Å². The van der Waals surface area contributed by atoms with Gasteiger partial charge >= 0.3 is 24.5 Å². The summed E-state index contributed by atoms with van der Waals surface area (Å²) < 4.78 is 92.0. The maximum Gasteiger partial charge on any atom is 0.448 e. The molecular formula is C31H27F6N4O4+. The second kappa shape index (κ2) is 12.9. The zero-order valence-electron chi connectivity index (χ0n) is 24.3. The highest BCUT2D eigenvalue weighted by Gasteiger charge is 2.34. The van der Waals surface area contributed by atoms with Crippen LogP contribution in [-0.2, 0) is 4.74 Å². The van der Waals surface area contributed by atoms with Gasteiger partial charge in [0.05, 0.1) is 18.7 Å². The molecule has 1 aliphatic carbocycles. The quantitative estimate of drug-likeness (QED) is 0.0319. The van der Waals surface area contributed by atoms with Crippen LogP contribution in [0.4, 0.5) is 32.0 Å². The van der Waals surface area contributed by atoms with Gasteiger partial charge in [0.2, 0.25) is 11.9 Å². The van der Waals surface area contributed by atoms with Crippen LogP contribution in [0.3, 0.4) is 0 Å². The van der Waals surface area contributed by atoms with Crippen molar-refractivity contribution in [2.75, 3.05) is 38.2 Å². The lowest BCUT2D eigenvalue weighted by Crippen LogP contribution is -2.37. The standard InChI is InChI=1S/C31H27F6N4O4/c1-4-40(16-30(32,33)34)19-7-10-22-26(13-19)45-27-14-20(41(5-2)17-31(35,36)37)8-11-23(27)28(22)24-12-18(29(43)44-3)6-9-21(24)25(42)15-39-38/h6-15H,4-5,16-17H2,1-3H3/q+1. The number of anilines is 1. The van der Waals surface area contributed by atoms with E-state index in [2.05, 4.69) is 4.79 Å². The summed E-state index contributed by atoms with van der Waals surface area (Å²) in [6, 6.07) is 12.6. The molecule has 1 heterocycles. The first-order valence-corrected chi connectivity index (χ1v) is 13.6. The van der Waals surface area contributed by atoms with Gasteiger partial charge in [0, 0.05) is 46.4 Å². The van der Waals surface area contributed by atoms with E-state index in [1.54, 1.807) is 13.8 Å². The second-order valence-electron chi connectivity index (χ2n) is 9.96. The predicted molar refractivity (Wildman–Crippen MR) is 154 cm³/mol. The lowest BCUT2D eigenvalue weighted by atomic mass is 9.88. The number of ether oxygens (including phenoxy) is 1. The monoisotopic (exact) mass is 633 g/mol. The number of rotatable bonds is 9. The van der Waals surface area contributed by atoms with E-state index in [0.29, 0.717) is 22.7 Å². The lowest BCUT2D eigenvalue weighted by Gasteiger charge is -2.25. The maximum absolute atomic E-state index is 13.3. The Morgan fingerprint density at radius 2 is 1.71 bits per heavy atom. The molecule has 45 heavy (non-hydrogen) atoms. The van der Waals surface area contributed by atoms with Crippen molar-refractivity contribution >= 4 is 34.6 Å². The number of carbonyl (C=O) groups excluding carboxylic acids is 2. The molecule has 0 unspecified atom stereocenters. The van der Waals surface area contributed by atoms with E-state index in [0.717, 1.165) is 16.6 Å². The van der Waals surface area contributed by atoms with Crippen molar-refractivity contribution in [3.63, 3.8) is 0 Å². The molecule has 0 spiro atoms. The fourth-order valence-electron chi connectivity index (χ4n) is 5.09. The van der Waals surface area contributed by atoms with Crippen molar-refractivity contribution in [2.45, 2.75) is 26.2 Å². The van der Waals surface area contributed by atoms with Crippen LogP contribution in [0.5, 0.6) is 0 Å². The van der Waals surface area contributed by atoms with E-state index in [-0.39, 0.29) is 52.2 Å². The number of methoxy groups -OCH3 is 1. The molecule has 4 rings (SSSR count). The van der Waals surface area contributed by atoms with E-state index >= 15 is 0 Å². The Morgan fingerprint density at radius 3 is 2.31 bits per heavy atom. The van der Waals surface area contributed by atoms with Crippen LogP contribution in [0.15, 0.2) is 59.0 Å². The number of benzene rings is 3. The van der Waals surface area contributed by atoms with Gasteiger partial charge < -0.3 is 19.6 Å². The van der Waals surface area contributed by atoms with Gasteiger partial charge in [-0.3, -0.25) is 4.79 Å². The van der Waals surface area contributed by atoms with E-state index < -0.39 is 37.2 Å². The zero-order chi connectivity index (χ0) is 33.1. The number of esters is 1. The number of fused-ring (bicyclic) bond motifs is 2. The summed E-state index contributed by atoms with van der Waals surface area (Å²) in [5, 5.41) is 0.480. The van der Waals surface area contributed by atoms with Gasteiger partial charge in [-0.05, 0) is 55.8 Å². The topological polar surface area (TPSA) is 99.2 Å². The fourth-order valence-corrected chi connectivity index (χ4v) is 5.09. The SMILES string of the molecule is CCN(CC(F)(F)F)c1ccc2c(-c3cc(C(=O)OC)ccc3C(=O)C=[N+]=[N-])c3ccc(=[N+](CC)CC(F)(F)F)cc-3oc2c1. The molecule has 2 aliphatic rings. The Balaban J connectivity index is 2.15. The van der Waals surface area contributed by atoms with Gasteiger partial charge in [-0.1, -0.05) is 0 Å². The van der Waals surface area contributed by atoms with Crippen LogP contribution >= 0.6 is 0 Å². The van der Waals surface area contributed by atoms with Gasteiger partial charge in [0.25, 0.3) is 5.78 Å². The zero-order valence-corrected chi connectivity index (χ0v) is 24.3. The Labute approximate surface area is 252 Å². The number of halogens is 6. The molecule has 0 saturated heterocycles. The van der Waals surface area contributed by atoms with Crippen molar-refractivity contribution in [3.05, 3.63) is 76.6 Å². The van der Waals surface area contributed by atoms with Crippen LogP contribution in [0.1, 0.15) is 34.6 Å². The summed E-state index contributed by atoms with van der Waals surface area (Å²) in [5.74, 6) is -1.42. The summed E-state index contributed by atoms with van der Waals surface area (Å²) in [6.45, 7) is 0.595. The normalized spacial score (nSPS) is 12.6. The van der Waals surface area contributed by atoms with Gasteiger partial charge in [-0.25, -0.2) is 9.37 Å². The Morgan fingerprint density at radius 1 is 0.978 bits per heavy atom. The number of carbonyl (C=O) groups is 2.